The van der Waals surface area contributed by atoms with E-state index in [-0.39, 0.29) is 6.54 Å². The summed E-state index contributed by atoms with van der Waals surface area (Å²) in [6.45, 7) is 1.94. The van der Waals surface area contributed by atoms with E-state index in [0.29, 0.717) is 6.42 Å². The number of nitrogens with one attached hydrogen (secondary N) is 1. The number of alkyl halides is 3. The molecule has 13 heavy (non-hydrogen) atoms. The average molecular weight is 201 g/mol. The van der Waals surface area contributed by atoms with Gasteiger partial charge in [-0.15, -0.1) is 0 Å². The zero-order valence-corrected chi connectivity index (χ0v) is 7.30. The fourth-order valence-corrected chi connectivity index (χ4v) is 0.862. The van der Waals surface area contributed by atoms with Crippen LogP contribution in [0, 0.1) is 0 Å². The zero-order valence-electron chi connectivity index (χ0n) is 7.30. The molecule has 0 rings (SSSR count). The van der Waals surface area contributed by atoms with E-state index in [4.69, 9.17) is 10.2 Å². The van der Waals surface area contributed by atoms with E-state index in [2.05, 4.69) is 5.32 Å². The van der Waals surface area contributed by atoms with Gasteiger partial charge in [-0.2, -0.15) is 13.2 Å². The summed E-state index contributed by atoms with van der Waals surface area (Å²) >= 11 is 0. The Hall–Kier alpha value is -0.330. The molecule has 0 saturated carbocycles. The Labute approximate surface area is 74.6 Å². The molecule has 0 aliphatic rings. The lowest BCUT2D eigenvalue weighted by Gasteiger charge is -2.21. The highest BCUT2D eigenvalue weighted by Gasteiger charge is 2.39. The summed E-state index contributed by atoms with van der Waals surface area (Å²) in [5.74, 6) is 0. The summed E-state index contributed by atoms with van der Waals surface area (Å²) < 4.78 is 36.4. The van der Waals surface area contributed by atoms with Crippen LogP contribution in [0.25, 0.3) is 0 Å². The molecule has 0 aromatic heterocycles. The standard InChI is InChI=1S/C7H14F3NO2/c1-2-3-11-5(4-6(12)13)7(8,9)10/h5-6,11-13H,2-4H2,1H3. The van der Waals surface area contributed by atoms with Crippen molar-refractivity contribution in [2.45, 2.75) is 38.3 Å². The van der Waals surface area contributed by atoms with Crippen molar-refractivity contribution in [1.29, 1.82) is 0 Å². The van der Waals surface area contributed by atoms with Crippen LogP contribution in [0.15, 0.2) is 0 Å². The van der Waals surface area contributed by atoms with Gasteiger partial charge in [-0.25, -0.2) is 0 Å². The number of aliphatic hydroxyl groups excluding tert-OH is 1. The van der Waals surface area contributed by atoms with Crippen LogP contribution in [0.4, 0.5) is 13.2 Å². The molecule has 1 unspecified atom stereocenters. The monoisotopic (exact) mass is 201 g/mol. The van der Waals surface area contributed by atoms with Gasteiger partial charge in [0.15, 0.2) is 6.29 Å². The minimum atomic E-state index is -4.43. The minimum absolute atomic E-state index is 0.205. The second-order valence-electron chi connectivity index (χ2n) is 2.76. The van der Waals surface area contributed by atoms with E-state index in [0.717, 1.165) is 0 Å². The van der Waals surface area contributed by atoms with Gasteiger partial charge in [0.05, 0.1) is 0 Å². The molecule has 1 atom stereocenters. The summed E-state index contributed by atoms with van der Waals surface area (Å²) in [5, 5.41) is 19.0. The van der Waals surface area contributed by atoms with Gasteiger partial charge in [0.1, 0.15) is 6.04 Å². The van der Waals surface area contributed by atoms with Crippen molar-refractivity contribution in [3.05, 3.63) is 0 Å². The van der Waals surface area contributed by atoms with E-state index in [9.17, 15) is 13.2 Å². The molecule has 3 nitrogen and oxygen atoms in total. The van der Waals surface area contributed by atoms with Gasteiger partial charge in [0.2, 0.25) is 0 Å². The van der Waals surface area contributed by atoms with Crippen LogP contribution < -0.4 is 5.32 Å². The molecule has 0 spiro atoms. The maximum Gasteiger partial charge on any atom is 0.404 e. The zero-order chi connectivity index (χ0) is 10.5. The lowest BCUT2D eigenvalue weighted by Crippen LogP contribution is -2.44. The molecule has 6 heteroatoms. The number of hydrogen-bond donors (Lipinski definition) is 3. The van der Waals surface area contributed by atoms with Crippen molar-refractivity contribution in [1.82, 2.24) is 5.32 Å². The van der Waals surface area contributed by atoms with Crippen molar-refractivity contribution < 1.29 is 23.4 Å². The Balaban J connectivity index is 4.03. The van der Waals surface area contributed by atoms with E-state index < -0.39 is 24.9 Å². The first-order valence-corrected chi connectivity index (χ1v) is 4.04. The van der Waals surface area contributed by atoms with Crippen molar-refractivity contribution in [2.75, 3.05) is 6.54 Å². The quantitative estimate of drug-likeness (QED) is 0.571. The molecule has 0 radical (unpaired) electrons. The molecule has 0 aromatic carbocycles. The SMILES string of the molecule is CCCNC(CC(O)O)C(F)(F)F. The number of rotatable bonds is 5. The molecular formula is C7H14F3NO2. The van der Waals surface area contributed by atoms with Crippen LogP contribution in [-0.4, -0.2) is 35.3 Å². The Morgan fingerprint density at radius 3 is 2.15 bits per heavy atom. The van der Waals surface area contributed by atoms with Crippen LogP contribution in [-0.2, 0) is 0 Å². The third kappa shape index (κ3) is 5.84. The second-order valence-corrected chi connectivity index (χ2v) is 2.76. The van der Waals surface area contributed by atoms with Crippen LogP contribution >= 0.6 is 0 Å². The average Bonchev–Trinajstić information content (AvgIpc) is 1.95. The fourth-order valence-electron chi connectivity index (χ4n) is 0.862. The molecule has 0 amide bonds. The van der Waals surface area contributed by atoms with E-state index in [1.54, 1.807) is 6.92 Å². The number of aliphatic hydroxyl groups is 2. The first-order chi connectivity index (χ1) is 5.88. The Bertz CT molecular complexity index is 138. The maximum atomic E-state index is 12.1. The Morgan fingerprint density at radius 2 is 1.85 bits per heavy atom. The van der Waals surface area contributed by atoms with Gasteiger partial charge in [0, 0.05) is 6.42 Å². The van der Waals surface area contributed by atoms with Gasteiger partial charge in [0.25, 0.3) is 0 Å². The molecule has 0 heterocycles. The van der Waals surface area contributed by atoms with Gasteiger partial charge in [-0.05, 0) is 13.0 Å². The van der Waals surface area contributed by atoms with Crippen LogP contribution in [0.5, 0.6) is 0 Å². The lowest BCUT2D eigenvalue weighted by atomic mass is 10.2. The summed E-state index contributed by atoms with van der Waals surface area (Å²) in [6.07, 6.45) is -6.53. The molecule has 0 aliphatic carbocycles. The molecular weight excluding hydrogens is 187 g/mol. The van der Waals surface area contributed by atoms with Crippen LogP contribution in [0.1, 0.15) is 19.8 Å². The third-order valence-corrected chi connectivity index (χ3v) is 1.48. The van der Waals surface area contributed by atoms with Gasteiger partial charge >= 0.3 is 6.18 Å². The second kappa shape index (κ2) is 5.41. The highest BCUT2D eigenvalue weighted by atomic mass is 19.4. The highest BCUT2D eigenvalue weighted by Crippen LogP contribution is 2.23. The van der Waals surface area contributed by atoms with Crippen LogP contribution in [0.3, 0.4) is 0 Å². The van der Waals surface area contributed by atoms with E-state index in [1.165, 1.54) is 0 Å². The number of hydrogen-bond acceptors (Lipinski definition) is 3. The summed E-state index contributed by atoms with van der Waals surface area (Å²) in [7, 11) is 0. The Kier molecular flexibility index (Phi) is 5.27. The molecule has 3 N–H and O–H groups in total. The topological polar surface area (TPSA) is 52.5 Å². The van der Waals surface area contributed by atoms with Crippen molar-refractivity contribution in [3.63, 3.8) is 0 Å². The first kappa shape index (κ1) is 12.7. The van der Waals surface area contributed by atoms with E-state index >= 15 is 0 Å². The summed E-state index contributed by atoms with van der Waals surface area (Å²) in [5.41, 5.74) is 0. The molecule has 0 bridgehead atoms. The maximum absolute atomic E-state index is 12.1. The van der Waals surface area contributed by atoms with Crippen molar-refractivity contribution in [3.8, 4) is 0 Å². The van der Waals surface area contributed by atoms with Crippen molar-refractivity contribution in [2.24, 2.45) is 0 Å². The van der Waals surface area contributed by atoms with Crippen molar-refractivity contribution >= 4 is 0 Å². The molecule has 0 aliphatic heterocycles. The summed E-state index contributed by atoms with van der Waals surface area (Å²) in [4.78, 5) is 0. The predicted octanol–water partition coefficient (Wildman–Crippen LogP) is 0.618. The number of halogens is 3. The minimum Gasteiger partial charge on any atom is -0.368 e. The first-order valence-electron chi connectivity index (χ1n) is 4.04. The molecule has 0 saturated heterocycles. The summed E-state index contributed by atoms with van der Waals surface area (Å²) in [6, 6.07) is -1.84. The van der Waals surface area contributed by atoms with E-state index in [1.807, 2.05) is 0 Å². The van der Waals surface area contributed by atoms with Gasteiger partial charge in [-0.3, -0.25) is 0 Å². The van der Waals surface area contributed by atoms with Crippen LogP contribution in [0.2, 0.25) is 0 Å². The normalized spacial score (nSPS) is 15.0. The third-order valence-electron chi connectivity index (χ3n) is 1.48. The van der Waals surface area contributed by atoms with Gasteiger partial charge < -0.3 is 15.5 Å². The largest absolute Gasteiger partial charge is 0.404 e. The lowest BCUT2D eigenvalue weighted by molar-refractivity contribution is -0.174. The smallest absolute Gasteiger partial charge is 0.368 e. The molecule has 0 aromatic rings. The Morgan fingerprint density at radius 1 is 1.31 bits per heavy atom. The molecule has 80 valence electrons. The fraction of sp³-hybridized carbons (Fsp3) is 1.00. The molecule has 0 fully saturated rings. The van der Waals surface area contributed by atoms with Gasteiger partial charge in [-0.1, -0.05) is 6.92 Å². The predicted molar refractivity (Wildman–Crippen MR) is 41.0 cm³/mol. The highest BCUT2D eigenvalue weighted by molar-refractivity contribution is 4.75.